The predicted octanol–water partition coefficient (Wildman–Crippen LogP) is 0.763. The third-order valence-corrected chi connectivity index (χ3v) is 2.33. The van der Waals surface area contributed by atoms with Gasteiger partial charge in [0.2, 0.25) is 0 Å². The first-order valence-corrected chi connectivity index (χ1v) is 5.11. The van der Waals surface area contributed by atoms with Crippen molar-refractivity contribution in [2.75, 3.05) is 6.61 Å². The number of nitrogens with zero attached hydrogens (tertiary/aromatic N) is 2. The smallest absolute Gasteiger partial charge is 0.0948 e. The second-order valence-electron chi connectivity index (χ2n) is 3.47. The SMILES string of the molecule is CCn1cncc1CNC(C)CCO. The molecule has 0 saturated heterocycles. The van der Waals surface area contributed by atoms with Crippen molar-refractivity contribution in [3.63, 3.8) is 0 Å². The second kappa shape index (κ2) is 5.78. The third-order valence-electron chi connectivity index (χ3n) is 2.33. The lowest BCUT2D eigenvalue weighted by Crippen LogP contribution is -2.27. The molecule has 1 aromatic rings. The van der Waals surface area contributed by atoms with E-state index < -0.39 is 0 Å². The lowest BCUT2D eigenvalue weighted by molar-refractivity contribution is 0.268. The number of aliphatic hydroxyl groups is 1. The van der Waals surface area contributed by atoms with Crippen LogP contribution in [0.15, 0.2) is 12.5 Å². The van der Waals surface area contributed by atoms with Gasteiger partial charge in [-0.3, -0.25) is 0 Å². The van der Waals surface area contributed by atoms with Gasteiger partial charge in [-0.25, -0.2) is 4.98 Å². The summed E-state index contributed by atoms with van der Waals surface area (Å²) in [5.74, 6) is 0. The minimum Gasteiger partial charge on any atom is -0.396 e. The first-order valence-electron chi connectivity index (χ1n) is 5.11. The van der Waals surface area contributed by atoms with Crippen LogP contribution in [0.2, 0.25) is 0 Å². The summed E-state index contributed by atoms with van der Waals surface area (Å²) >= 11 is 0. The highest BCUT2D eigenvalue weighted by molar-refractivity contribution is 4.97. The molecule has 1 aromatic heterocycles. The maximum atomic E-state index is 8.74. The minimum absolute atomic E-state index is 0.237. The standard InChI is InChI=1S/C10H19N3O/c1-3-13-8-11-6-10(13)7-12-9(2)4-5-14/h6,8-9,12,14H,3-5,7H2,1-2H3. The number of hydrogen-bond donors (Lipinski definition) is 2. The van der Waals surface area contributed by atoms with Crippen LogP contribution in [0.3, 0.4) is 0 Å². The molecule has 4 heteroatoms. The molecule has 0 aliphatic heterocycles. The largest absolute Gasteiger partial charge is 0.396 e. The Balaban J connectivity index is 2.37. The number of aliphatic hydroxyl groups excluding tert-OH is 1. The van der Waals surface area contributed by atoms with Gasteiger partial charge < -0.3 is 15.0 Å². The van der Waals surface area contributed by atoms with Crippen molar-refractivity contribution in [2.24, 2.45) is 0 Å². The van der Waals surface area contributed by atoms with Crippen molar-refractivity contribution in [3.8, 4) is 0 Å². The van der Waals surface area contributed by atoms with E-state index in [-0.39, 0.29) is 6.61 Å². The summed E-state index contributed by atoms with van der Waals surface area (Å²) in [6, 6.07) is 0.347. The highest BCUT2D eigenvalue weighted by atomic mass is 16.3. The fourth-order valence-electron chi connectivity index (χ4n) is 1.35. The van der Waals surface area contributed by atoms with Gasteiger partial charge in [0.1, 0.15) is 0 Å². The normalized spacial score (nSPS) is 13.1. The molecule has 1 rings (SSSR count). The molecule has 14 heavy (non-hydrogen) atoms. The fraction of sp³-hybridized carbons (Fsp3) is 0.700. The number of hydrogen-bond acceptors (Lipinski definition) is 3. The second-order valence-corrected chi connectivity index (χ2v) is 3.47. The van der Waals surface area contributed by atoms with Crippen LogP contribution < -0.4 is 5.32 Å². The van der Waals surface area contributed by atoms with Crippen LogP contribution in [0.4, 0.5) is 0 Å². The average molecular weight is 197 g/mol. The molecule has 80 valence electrons. The van der Waals surface area contributed by atoms with E-state index in [1.807, 2.05) is 12.5 Å². The fourth-order valence-corrected chi connectivity index (χ4v) is 1.35. The molecule has 0 radical (unpaired) electrons. The summed E-state index contributed by atoms with van der Waals surface area (Å²) in [4.78, 5) is 4.09. The average Bonchev–Trinajstić information content (AvgIpc) is 2.62. The molecule has 0 bridgehead atoms. The molecular formula is C10H19N3O. The van der Waals surface area contributed by atoms with E-state index >= 15 is 0 Å². The summed E-state index contributed by atoms with van der Waals surface area (Å²) in [5.41, 5.74) is 1.19. The highest BCUT2D eigenvalue weighted by Crippen LogP contribution is 1.99. The Morgan fingerprint density at radius 3 is 3.07 bits per heavy atom. The van der Waals surface area contributed by atoms with Crippen molar-refractivity contribution < 1.29 is 5.11 Å². The van der Waals surface area contributed by atoms with Crippen molar-refractivity contribution in [3.05, 3.63) is 18.2 Å². The third kappa shape index (κ3) is 3.12. The van der Waals surface area contributed by atoms with Crippen LogP contribution in [0, 0.1) is 0 Å². The van der Waals surface area contributed by atoms with Gasteiger partial charge >= 0.3 is 0 Å². The first-order chi connectivity index (χ1) is 6.77. The Bertz CT molecular complexity index is 260. The Kier molecular flexibility index (Phi) is 4.62. The van der Waals surface area contributed by atoms with Crippen LogP contribution in [-0.2, 0) is 13.1 Å². The molecule has 4 nitrogen and oxygen atoms in total. The molecule has 0 aromatic carbocycles. The summed E-state index contributed by atoms with van der Waals surface area (Å²) in [6.07, 6.45) is 4.51. The van der Waals surface area contributed by atoms with Gasteiger partial charge in [-0.1, -0.05) is 0 Å². The maximum Gasteiger partial charge on any atom is 0.0948 e. The van der Waals surface area contributed by atoms with Gasteiger partial charge in [-0.2, -0.15) is 0 Å². The van der Waals surface area contributed by atoms with Gasteiger partial charge in [0.15, 0.2) is 0 Å². The van der Waals surface area contributed by atoms with Crippen LogP contribution in [0.25, 0.3) is 0 Å². The molecule has 1 heterocycles. The molecule has 1 atom stereocenters. The Hall–Kier alpha value is -0.870. The molecule has 1 unspecified atom stereocenters. The zero-order valence-electron chi connectivity index (χ0n) is 8.90. The van der Waals surface area contributed by atoms with E-state index in [9.17, 15) is 0 Å². The van der Waals surface area contributed by atoms with E-state index in [2.05, 4.69) is 28.7 Å². The van der Waals surface area contributed by atoms with Crippen LogP contribution in [0.1, 0.15) is 26.0 Å². The number of rotatable bonds is 6. The zero-order chi connectivity index (χ0) is 10.4. The lowest BCUT2D eigenvalue weighted by Gasteiger charge is -2.12. The number of imidazole rings is 1. The Labute approximate surface area is 85.0 Å². The molecular weight excluding hydrogens is 178 g/mol. The monoisotopic (exact) mass is 197 g/mol. The predicted molar refractivity (Wildman–Crippen MR) is 55.9 cm³/mol. The number of aromatic nitrogens is 2. The molecule has 2 N–H and O–H groups in total. The van der Waals surface area contributed by atoms with Gasteiger partial charge in [0.25, 0.3) is 0 Å². The van der Waals surface area contributed by atoms with Crippen LogP contribution in [-0.4, -0.2) is 27.3 Å². The van der Waals surface area contributed by atoms with E-state index in [0.29, 0.717) is 6.04 Å². The van der Waals surface area contributed by atoms with E-state index in [4.69, 9.17) is 5.11 Å². The molecule has 0 saturated carbocycles. The Morgan fingerprint density at radius 2 is 2.43 bits per heavy atom. The number of aryl methyl sites for hydroxylation is 1. The minimum atomic E-state index is 0.237. The van der Waals surface area contributed by atoms with E-state index in [0.717, 1.165) is 19.5 Å². The Morgan fingerprint density at radius 1 is 1.64 bits per heavy atom. The molecule has 0 aliphatic carbocycles. The quantitative estimate of drug-likeness (QED) is 0.708. The first kappa shape index (κ1) is 11.2. The summed E-state index contributed by atoms with van der Waals surface area (Å²) in [6.45, 7) is 6.17. The van der Waals surface area contributed by atoms with E-state index in [1.165, 1.54) is 5.69 Å². The zero-order valence-corrected chi connectivity index (χ0v) is 8.90. The van der Waals surface area contributed by atoms with Crippen molar-refractivity contribution in [1.29, 1.82) is 0 Å². The van der Waals surface area contributed by atoms with Crippen LogP contribution >= 0.6 is 0 Å². The highest BCUT2D eigenvalue weighted by Gasteiger charge is 2.03. The summed E-state index contributed by atoms with van der Waals surface area (Å²) in [7, 11) is 0. The van der Waals surface area contributed by atoms with E-state index in [1.54, 1.807) is 0 Å². The van der Waals surface area contributed by atoms with Gasteiger partial charge in [0.05, 0.1) is 12.0 Å². The van der Waals surface area contributed by atoms with Crippen molar-refractivity contribution in [2.45, 2.75) is 39.4 Å². The van der Waals surface area contributed by atoms with Crippen LogP contribution in [0.5, 0.6) is 0 Å². The van der Waals surface area contributed by atoms with Gasteiger partial charge in [-0.15, -0.1) is 0 Å². The van der Waals surface area contributed by atoms with Gasteiger partial charge in [-0.05, 0) is 20.3 Å². The molecule has 0 aliphatic rings. The number of nitrogens with one attached hydrogen (secondary N) is 1. The lowest BCUT2D eigenvalue weighted by atomic mass is 10.2. The molecule has 0 spiro atoms. The summed E-state index contributed by atoms with van der Waals surface area (Å²) in [5, 5.41) is 12.1. The molecule has 0 fully saturated rings. The van der Waals surface area contributed by atoms with Crippen molar-refractivity contribution in [1.82, 2.24) is 14.9 Å². The van der Waals surface area contributed by atoms with Gasteiger partial charge in [0, 0.05) is 31.9 Å². The molecule has 0 amide bonds. The topological polar surface area (TPSA) is 50.1 Å². The maximum absolute atomic E-state index is 8.74. The van der Waals surface area contributed by atoms with Crippen molar-refractivity contribution >= 4 is 0 Å². The summed E-state index contributed by atoms with van der Waals surface area (Å²) < 4.78 is 2.11.